The van der Waals surface area contributed by atoms with E-state index < -0.39 is 0 Å². The van der Waals surface area contributed by atoms with Gasteiger partial charge in [0, 0.05) is 11.0 Å². The molecule has 0 saturated heterocycles. The molecular formula is C21H18N2O2. The quantitative estimate of drug-likeness (QED) is 0.720. The lowest BCUT2D eigenvalue weighted by Crippen LogP contribution is -2.18. The summed E-state index contributed by atoms with van der Waals surface area (Å²) in [4.78, 5) is 17.6. The van der Waals surface area contributed by atoms with Gasteiger partial charge in [0.15, 0.2) is 5.78 Å². The van der Waals surface area contributed by atoms with Crippen molar-refractivity contribution < 1.29 is 9.53 Å². The fourth-order valence-electron chi connectivity index (χ4n) is 3.29. The van der Waals surface area contributed by atoms with E-state index >= 15 is 0 Å². The highest BCUT2D eigenvalue weighted by molar-refractivity contribution is 6.18. The number of hydrogen-bond donors (Lipinski definition) is 1. The lowest BCUT2D eigenvalue weighted by molar-refractivity contribution is 0.102. The number of para-hydroxylation sites is 1. The van der Waals surface area contributed by atoms with Crippen molar-refractivity contribution in [1.82, 2.24) is 4.98 Å². The summed E-state index contributed by atoms with van der Waals surface area (Å²) in [6.45, 7) is 0. The van der Waals surface area contributed by atoms with Gasteiger partial charge in [-0.15, -0.1) is 0 Å². The average molecular weight is 330 g/mol. The third-order valence-corrected chi connectivity index (χ3v) is 4.61. The highest BCUT2D eigenvalue weighted by Crippen LogP contribution is 2.33. The summed E-state index contributed by atoms with van der Waals surface area (Å²) < 4.78 is 5.17. The maximum Gasteiger partial charge on any atom is 0.192 e. The second-order valence-electron chi connectivity index (χ2n) is 6.14. The molecule has 0 radical (unpaired) electrons. The van der Waals surface area contributed by atoms with Crippen molar-refractivity contribution in [1.29, 1.82) is 0 Å². The van der Waals surface area contributed by atoms with Gasteiger partial charge in [-0.3, -0.25) is 9.78 Å². The molecule has 0 fully saturated rings. The predicted molar refractivity (Wildman–Crippen MR) is 99.8 cm³/mol. The van der Waals surface area contributed by atoms with Crippen molar-refractivity contribution in [2.75, 3.05) is 12.8 Å². The second-order valence-corrected chi connectivity index (χ2v) is 6.14. The summed E-state index contributed by atoms with van der Waals surface area (Å²) in [6.07, 6.45) is 3.32. The molecule has 0 aliphatic heterocycles. The van der Waals surface area contributed by atoms with Crippen LogP contribution in [0.15, 0.2) is 54.1 Å². The molecule has 1 aromatic heterocycles. The summed E-state index contributed by atoms with van der Waals surface area (Å²) >= 11 is 0. The number of Topliss-reactive ketones (excluding diaryl/α,β-unsaturated/α-hetero) is 1. The summed E-state index contributed by atoms with van der Waals surface area (Å²) in [7, 11) is 1.63. The van der Waals surface area contributed by atoms with Gasteiger partial charge in [0.2, 0.25) is 0 Å². The van der Waals surface area contributed by atoms with E-state index in [2.05, 4.69) is 4.98 Å². The fourth-order valence-corrected chi connectivity index (χ4v) is 3.29. The number of allylic oxidation sites excluding steroid dienone is 1. The molecule has 124 valence electrons. The molecule has 4 rings (SSSR count). The van der Waals surface area contributed by atoms with E-state index in [1.54, 1.807) is 7.11 Å². The van der Waals surface area contributed by atoms with Crippen LogP contribution in [0.2, 0.25) is 0 Å². The van der Waals surface area contributed by atoms with Crippen molar-refractivity contribution >= 4 is 28.4 Å². The minimum atomic E-state index is -0.0205. The minimum Gasteiger partial charge on any atom is -0.497 e. The number of nitrogen functional groups attached to an aromatic ring is 1. The number of ketones is 1. The normalized spacial score (nSPS) is 15.4. The van der Waals surface area contributed by atoms with Crippen LogP contribution in [0.3, 0.4) is 0 Å². The van der Waals surface area contributed by atoms with E-state index in [-0.39, 0.29) is 5.78 Å². The third-order valence-electron chi connectivity index (χ3n) is 4.61. The number of aromatic nitrogens is 1. The number of nitrogens with two attached hydrogens (primary N) is 1. The number of carbonyl (C=O) groups excluding carboxylic acids is 1. The standard InChI is InChI=1S/C21H18N2O2/c1-25-15-9-6-13(7-10-15)12-14-8-11-18-19(21(14)24)20(22)16-4-2-3-5-17(16)23-18/h2-7,9-10,12H,8,11H2,1H3,(H2,22,23)/b14-12+. The summed E-state index contributed by atoms with van der Waals surface area (Å²) in [5.41, 5.74) is 10.8. The van der Waals surface area contributed by atoms with E-state index in [4.69, 9.17) is 10.5 Å². The van der Waals surface area contributed by atoms with Crippen LogP contribution in [0.5, 0.6) is 5.75 Å². The fraction of sp³-hybridized carbons (Fsp3) is 0.143. The molecule has 0 amide bonds. The van der Waals surface area contributed by atoms with Gasteiger partial charge < -0.3 is 10.5 Å². The monoisotopic (exact) mass is 330 g/mol. The molecule has 0 bridgehead atoms. The topological polar surface area (TPSA) is 65.2 Å². The van der Waals surface area contributed by atoms with Crippen LogP contribution in [0.4, 0.5) is 5.69 Å². The van der Waals surface area contributed by atoms with Gasteiger partial charge in [-0.2, -0.15) is 0 Å². The number of benzene rings is 2. The number of nitrogens with zero attached hydrogens (tertiary/aromatic N) is 1. The van der Waals surface area contributed by atoms with Crippen molar-refractivity contribution in [2.45, 2.75) is 12.8 Å². The molecule has 1 aliphatic rings. The number of aryl methyl sites for hydroxylation is 1. The lowest BCUT2D eigenvalue weighted by Gasteiger charge is -2.20. The van der Waals surface area contributed by atoms with Gasteiger partial charge in [-0.05, 0) is 42.7 Å². The zero-order valence-electron chi connectivity index (χ0n) is 14.0. The van der Waals surface area contributed by atoms with Gasteiger partial charge in [0.25, 0.3) is 0 Å². The maximum atomic E-state index is 13.0. The van der Waals surface area contributed by atoms with Crippen LogP contribution in [0, 0.1) is 0 Å². The molecule has 25 heavy (non-hydrogen) atoms. The van der Waals surface area contributed by atoms with Crippen LogP contribution in [-0.4, -0.2) is 17.9 Å². The molecule has 0 atom stereocenters. The molecule has 1 heterocycles. The molecule has 4 heteroatoms. The molecule has 1 aliphatic carbocycles. The van der Waals surface area contributed by atoms with Crippen LogP contribution >= 0.6 is 0 Å². The molecular weight excluding hydrogens is 312 g/mol. The Labute approximate surface area is 145 Å². The third kappa shape index (κ3) is 2.66. The van der Waals surface area contributed by atoms with E-state index in [1.165, 1.54) is 0 Å². The Hall–Kier alpha value is -3.14. The Kier molecular flexibility index (Phi) is 3.73. The van der Waals surface area contributed by atoms with E-state index in [0.717, 1.165) is 39.9 Å². The molecule has 2 aromatic carbocycles. The number of methoxy groups -OCH3 is 1. The second kappa shape index (κ2) is 6.06. The zero-order valence-corrected chi connectivity index (χ0v) is 14.0. The van der Waals surface area contributed by atoms with Gasteiger partial charge in [0.1, 0.15) is 5.75 Å². The van der Waals surface area contributed by atoms with Gasteiger partial charge in [0.05, 0.1) is 29.6 Å². The first-order valence-corrected chi connectivity index (χ1v) is 8.24. The van der Waals surface area contributed by atoms with E-state index in [1.807, 2.05) is 54.6 Å². The van der Waals surface area contributed by atoms with Crippen molar-refractivity contribution in [2.24, 2.45) is 0 Å². The van der Waals surface area contributed by atoms with Crippen molar-refractivity contribution in [3.8, 4) is 5.75 Å². The number of carbonyl (C=O) groups is 1. The first-order chi connectivity index (χ1) is 12.2. The molecule has 0 unspecified atom stereocenters. The van der Waals surface area contributed by atoms with Crippen LogP contribution in [0.1, 0.15) is 28.0 Å². The zero-order chi connectivity index (χ0) is 17.4. The number of pyridine rings is 1. The maximum absolute atomic E-state index is 13.0. The highest BCUT2D eigenvalue weighted by atomic mass is 16.5. The average Bonchev–Trinajstić information content (AvgIpc) is 2.65. The van der Waals surface area contributed by atoms with E-state index in [0.29, 0.717) is 17.7 Å². The number of hydrogen-bond acceptors (Lipinski definition) is 4. The van der Waals surface area contributed by atoms with Crippen molar-refractivity contribution in [3.05, 3.63) is 70.9 Å². The number of ether oxygens (including phenoxy) is 1. The first kappa shape index (κ1) is 15.4. The van der Waals surface area contributed by atoms with Crippen LogP contribution in [0.25, 0.3) is 17.0 Å². The Bertz CT molecular complexity index is 1000. The Morgan fingerprint density at radius 1 is 1.08 bits per heavy atom. The van der Waals surface area contributed by atoms with Crippen LogP contribution in [-0.2, 0) is 6.42 Å². The largest absolute Gasteiger partial charge is 0.497 e. The summed E-state index contributed by atoms with van der Waals surface area (Å²) in [5.74, 6) is 0.773. The number of anilines is 1. The Morgan fingerprint density at radius 3 is 2.60 bits per heavy atom. The minimum absolute atomic E-state index is 0.0205. The summed E-state index contributed by atoms with van der Waals surface area (Å²) in [6, 6.07) is 15.3. The smallest absolute Gasteiger partial charge is 0.192 e. The van der Waals surface area contributed by atoms with Crippen molar-refractivity contribution in [3.63, 3.8) is 0 Å². The predicted octanol–water partition coefficient (Wildman–Crippen LogP) is 4.04. The van der Waals surface area contributed by atoms with Crippen LogP contribution < -0.4 is 10.5 Å². The van der Waals surface area contributed by atoms with Gasteiger partial charge >= 0.3 is 0 Å². The Balaban J connectivity index is 1.77. The highest BCUT2D eigenvalue weighted by Gasteiger charge is 2.26. The van der Waals surface area contributed by atoms with E-state index in [9.17, 15) is 4.79 Å². The molecule has 3 aromatic rings. The number of rotatable bonds is 2. The van der Waals surface area contributed by atoms with Gasteiger partial charge in [-0.1, -0.05) is 30.3 Å². The SMILES string of the molecule is COc1ccc(/C=C2\CCc3nc4ccccc4c(N)c3C2=O)cc1. The molecule has 2 N–H and O–H groups in total. The molecule has 0 spiro atoms. The Morgan fingerprint density at radius 2 is 1.84 bits per heavy atom. The molecule has 4 nitrogen and oxygen atoms in total. The van der Waals surface area contributed by atoms with Gasteiger partial charge in [-0.25, -0.2) is 0 Å². The number of fused-ring (bicyclic) bond motifs is 2. The summed E-state index contributed by atoms with van der Waals surface area (Å²) in [5, 5.41) is 0.834. The first-order valence-electron chi connectivity index (χ1n) is 8.24. The molecule has 0 saturated carbocycles. The lowest BCUT2D eigenvalue weighted by atomic mass is 9.87.